The molecule has 3 fully saturated rings. The number of rotatable bonds is 3. The fraction of sp³-hybridized carbons (Fsp3) is 0.636. The van der Waals surface area contributed by atoms with Crippen molar-refractivity contribution in [3.05, 3.63) is 30.1 Å². The minimum atomic E-state index is -0.742. The smallest absolute Gasteiger partial charge is 0.326 e. The molecule has 2 saturated heterocycles. The first kappa shape index (κ1) is 20.1. The quantitative estimate of drug-likeness (QED) is 0.790. The van der Waals surface area contributed by atoms with Crippen LogP contribution in [0.5, 0.6) is 0 Å². The number of piperazine rings is 1. The minimum absolute atomic E-state index is 0.0391. The molecule has 1 spiro atoms. The normalized spacial score (nSPS) is 30.1. The third-order valence-corrected chi connectivity index (χ3v) is 6.53. The summed E-state index contributed by atoms with van der Waals surface area (Å²) in [5.74, 6) is 0.102. The zero-order valence-electron chi connectivity index (χ0n) is 17.6. The molecule has 2 unspecified atom stereocenters. The van der Waals surface area contributed by atoms with Gasteiger partial charge in [0.1, 0.15) is 11.4 Å². The molecule has 2 aliphatic heterocycles. The maximum atomic E-state index is 13.3. The number of carbonyl (C=O) groups is 2. The first-order valence-corrected chi connectivity index (χ1v) is 10.5. The summed E-state index contributed by atoms with van der Waals surface area (Å²) in [5.41, 5.74) is 0.296. The first-order chi connectivity index (χ1) is 13.7. The molecule has 2 heterocycles. The van der Waals surface area contributed by atoms with Crippen LogP contribution in [0.2, 0.25) is 0 Å². The van der Waals surface area contributed by atoms with Gasteiger partial charge in [-0.25, -0.2) is 14.1 Å². The molecular weight excluding hydrogens is 371 g/mol. The number of imide groups is 1. The molecule has 4 rings (SSSR count). The van der Waals surface area contributed by atoms with Crippen molar-refractivity contribution in [1.82, 2.24) is 15.1 Å². The van der Waals surface area contributed by atoms with Gasteiger partial charge in [0, 0.05) is 31.9 Å². The van der Waals surface area contributed by atoms with Crippen molar-refractivity contribution in [2.24, 2.45) is 11.3 Å². The summed E-state index contributed by atoms with van der Waals surface area (Å²) in [4.78, 5) is 31.7. The fourth-order valence-corrected chi connectivity index (χ4v) is 5.63. The van der Waals surface area contributed by atoms with Gasteiger partial charge in [-0.1, -0.05) is 20.8 Å². The summed E-state index contributed by atoms with van der Waals surface area (Å²) in [5, 5.41) is 3.05. The van der Waals surface area contributed by atoms with Gasteiger partial charge in [-0.2, -0.15) is 0 Å². The van der Waals surface area contributed by atoms with Crippen molar-refractivity contribution in [3.8, 4) is 0 Å². The van der Waals surface area contributed by atoms with Crippen LogP contribution >= 0.6 is 0 Å². The van der Waals surface area contributed by atoms with Crippen LogP contribution in [0.3, 0.4) is 0 Å². The van der Waals surface area contributed by atoms with Crippen molar-refractivity contribution >= 4 is 17.6 Å². The number of carbonyl (C=O) groups excluding carboxylic acids is 2. The van der Waals surface area contributed by atoms with E-state index in [2.05, 4.69) is 35.9 Å². The molecule has 2 atom stereocenters. The number of anilines is 1. The molecule has 1 saturated carbocycles. The summed E-state index contributed by atoms with van der Waals surface area (Å²) in [7, 11) is 0. The Hall–Kier alpha value is -2.15. The van der Waals surface area contributed by atoms with E-state index in [4.69, 9.17) is 0 Å². The summed E-state index contributed by atoms with van der Waals surface area (Å²) < 4.78 is 13.1. The Morgan fingerprint density at radius 2 is 1.72 bits per heavy atom. The van der Waals surface area contributed by atoms with Gasteiger partial charge in [-0.3, -0.25) is 9.69 Å². The zero-order chi connectivity index (χ0) is 20.8. The van der Waals surface area contributed by atoms with Gasteiger partial charge < -0.3 is 10.2 Å². The second-order valence-electron chi connectivity index (χ2n) is 9.82. The Morgan fingerprint density at radius 1 is 1.07 bits per heavy atom. The monoisotopic (exact) mass is 402 g/mol. The molecule has 1 aromatic rings. The highest BCUT2D eigenvalue weighted by molar-refractivity contribution is 6.07. The molecule has 158 valence electrons. The summed E-state index contributed by atoms with van der Waals surface area (Å²) in [6, 6.07) is 6.26. The number of hydrogen-bond donors (Lipinski definition) is 1. The molecule has 1 N–H and O–H groups in total. The molecule has 0 aromatic heterocycles. The van der Waals surface area contributed by atoms with Crippen LogP contribution in [-0.2, 0) is 4.79 Å². The van der Waals surface area contributed by atoms with Gasteiger partial charge in [0.25, 0.3) is 5.91 Å². The van der Waals surface area contributed by atoms with E-state index in [-0.39, 0.29) is 23.2 Å². The number of amides is 3. The van der Waals surface area contributed by atoms with E-state index < -0.39 is 5.54 Å². The van der Waals surface area contributed by atoms with E-state index in [1.54, 1.807) is 12.1 Å². The van der Waals surface area contributed by atoms with Gasteiger partial charge in [0.05, 0.1) is 6.67 Å². The number of urea groups is 1. The Balaban J connectivity index is 1.38. The van der Waals surface area contributed by atoms with Crippen LogP contribution in [0.25, 0.3) is 0 Å². The van der Waals surface area contributed by atoms with E-state index >= 15 is 0 Å². The van der Waals surface area contributed by atoms with E-state index in [9.17, 15) is 14.0 Å². The second kappa shape index (κ2) is 7.27. The average molecular weight is 403 g/mol. The SMILES string of the molecule is CC1CC(C)(C)CC2(C1)NC(=O)N(CN1CCN(c3ccc(F)cc3)CC1)C2=O. The minimum Gasteiger partial charge on any atom is -0.369 e. The van der Waals surface area contributed by atoms with E-state index in [1.807, 2.05) is 0 Å². The predicted octanol–water partition coefficient (Wildman–Crippen LogP) is 3.04. The van der Waals surface area contributed by atoms with Gasteiger partial charge in [-0.15, -0.1) is 0 Å². The average Bonchev–Trinajstić information content (AvgIpc) is 2.85. The lowest BCUT2D eigenvalue weighted by Crippen LogP contribution is -2.55. The largest absolute Gasteiger partial charge is 0.369 e. The number of nitrogens with one attached hydrogen (secondary N) is 1. The van der Waals surface area contributed by atoms with Gasteiger partial charge in [0.2, 0.25) is 0 Å². The predicted molar refractivity (Wildman–Crippen MR) is 110 cm³/mol. The van der Waals surface area contributed by atoms with E-state index in [0.29, 0.717) is 19.0 Å². The Labute approximate surface area is 172 Å². The lowest BCUT2D eigenvalue weighted by molar-refractivity contribution is -0.136. The maximum absolute atomic E-state index is 13.3. The van der Waals surface area contributed by atoms with Crippen molar-refractivity contribution in [3.63, 3.8) is 0 Å². The first-order valence-electron chi connectivity index (χ1n) is 10.5. The van der Waals surface area contributed by atoms with Crippen LogP contribution < -0.4 is 10.2 Å². The third kappa shape index (κ3) is 3.97. The Morgan fingerprint density at radius 3 is 2.34 bits per heavy atom. The van der Waals surface area contributed by atoms with Crippen molar-refractivity contribution < 1.29 is 14.0 Å². The van der Waals surface area contributed by atoms with E-state index in [1.165, 1.54) is 17.0 Å². The van der Waals surface area contributed by atoms with Crippen molar-refractivity contribution in [2.75, 3.05) is 37.7 Å². The van der Waals surface area contributed by atoms with Crippen molar-refractivity contribution in [1.29, 1.82) is 0 Å². The lowest BCUT2D eigenvalue weighted by atomic mass is 9.64. The molecule has 1 aliphatic carbocycles. The van der Waals surface area contributed by atoms with Gasteiger partial charge in [-0.05, 0) is 54.9 Å². The van der Waals surface area contributed by atoms with Crippen LogP contribution in [0.1, 0.15) is 40.0 Å². The van der Waals surface area contributed by atoms with Gasteiger partial charge >= 0.3 is 6.03 Å². The number of benzene rings is 1. The molecule has 3 amide bonds. The third-order valence-electron chi connectivity index (χ3n) is 6.53. The molecule has 6 nitrogen and oxygen atoms in total. The summed E-state index contributed by atoms with van der Waals surface area (Å²) in [6.07, 6.45) is 2.49. The Kier molecular flexibility index (Phi) is 5.05. The van der Waals surface area contributed by atoms with Crippen molar-refractivity contribution in [2.45, 2.75) is 45.6 Å². The summed E-state index contributed by atoms with van der Waals surface area (Å²) >= 11 is 0. The molecule has 7 heteroatoms. The maximum Gasteiger partial charge on any atom is 0.326 e. The molecule has 29 heavy (non-hydrogen) atoms. The molecule has 0 bridgehead atoms. The number of halogens is 1. The fourth-order valence-electron chi connectivity index (χ4n) is 5.63. The summed E-state index contributed by atoms with van der Waals surface area (Å²) in [6.45, 7) is 9.93. The van der Waals surface area contributed by atoms with Gasteiger partial charge in [0.15, 0.2) is 0 Å². The van der Waals surface area contributed by atoms with E-state index in [0.717, 1.165) is 44.7 Å². The van der Waals surface area contributed by atoms with Crippen LogP contribution in [0, 0.1) is 17.2 Å². The Bertz CT molecular complexity index is 789. The highest BCUT2D eigenvalue weighted by Gasteiger charge is 2.56. The topological polar surface area (TPSA) is 55.9 Å². The second-order valence-corrected chi connectivity index (χ2v) is 9.82. The highest BCUT2D eigenvalue weighted by Crippen LogP contribution is 2.46. The number of nitrogens with zero attached hydrogens (tertiary/aromatic N) is 3. The molecule has 1 aromatic carbocycles. The molecule has 3 aliphatic rings. The van der Waals surface area contributed by atoms with Crippen LogP contribution in [0.15, 0.2) is 24.3 Å². The lowest BCUT2D eigenvalue weighted by Gasteiger charge is -2.44. The number of hydrogen-bond acceptors (Lipinski definition) is 4. The zero-order valence-corrected chi connectivity index (χ0v) is 17.6. The molecular formula is C22H31FN4O2. The molecule has 0 radical (unpaired) electrons. The van der Waals surface area contributed by atoms with Crippen LogP contribution in [-0.4, -0.2) is 60.1 Å². The van der Waals surface area contributed by atoms with Crippen LogP contribution in [0.4, 0.5) is 14.9 Å². The highest BCUT2D eigenvalue weighted by atomic mass is 19.1. The standard InChI is InChI=1S/C22H31FN4O2/c1-16-12-21(2,3)14-22(13-16)19(28)27(20(29)24-22)15-25-8-10-26(11-9-25)18-6-4-17(23)5-7-18/h4-7,16H,8-15H2,1-3H3,(H,24,29).